The molecule has 0 saturated heterocycles. The first-order valence-electron chi connectivity index (χ1n) is 6.43. The smallest absolute Gasteiger partial charge is 0.136 e. The van der Waals surface area contributed by atoms with Crippen molar-refractivity contribution in [1.82, 2.24) is 0 Å². The molecule has 0 bridgehead atoms. The fourth-order valence-electron chi connectivity index (χ4n) is 2.64. The SMILES string of the molecule is O=C([O-])C1([NH2+]Cc2ccccc2Cl)CCCCC1. The molecule has 3 nitrogen and oxygen atoms in total. The molecule has 0 atom stereocenters. The van der Waals surface area contributed by atoms with Gasteiger partial charge < -0.3 is 15.2 Å². The average molecular weight is 268 g/mol. The van der Waals surface area contributed by atoms with Crippen LogP contribution >= 0.6 is 11.6 Å². The van der Waals surface area contributed by atoms with Crippen LogP contribution in [0.5, 0.6) is 0 Å². The second-order valence-electron chi connectivity index (χ2n) is 5.00. The molecular weight excluding hydrogens is 250 g/mol. The number of hydrogen-bond donors (Lipinski definition) is 1. The van der Waals surface area contributed by atoms with Gasteiger partial charge in [0, 0.05) is 23.4 Å². The zero-order valence-corrected chi connectivity index (χ0v) is 11.1. The molecule has 0 heterocycles. The van der Waals surface area contributed by atoms with E-state index in [1.54, 1.807) is 0 Å². The van der Waals surface area contributed by atoms with Crippen molar-refractivity contribution in [3.05, 3.63) is 34.9 Å². The predicted molar refractivity (Wildman–Crippen MR) is 67.9 cm³/mol. The van der Waals surface area contributed by atoms with Gasteiger partial charge in [-0.1, -0.05) is 36.2 Å². The van der Waals surface area contributed by atoms with Gasteiger partial charge in [0.15, 0.2) is 0 Å². The number of aliphatic carboxylic acids is 1. The van der Waals surface area contributed by atoms with Crippen LogP contribution in [0.1, 0.15) is 37.7 Å². The van der Waals surface area contributed by atoms with Crippen molar-refractivity contribution in [2.24, 2.45) is 0 Å². The molecule has 0 radical (unpaired) electrons. The Morgan fingerprint density at radius 1 is 1.28 bits per heavy atom. The minimum Gasteiger partial charge on any atom is -0.544 e. The Morgan fingerprint density at radius 3 is 2.56 bits per heavy atom. The van der Waals surface area contributed by atoms with Crippen molar-refractivity contribution in [1.29, 1.82) is 0 Å². The molecule has 98 valence electrons. The van der Waals surface area contributed by atoms with Gasteiger partial charge in [-0.25, -0.2) is 0 Å². The number of quaternary nitrogens is 1. The minimum atomic E-state index is -0.936. The highest BCUT2D eigenvalue weighted by atomic mass is 35.5. The third-order valence-corrected chi connectivity index (χ3v) is 4.19. The van der Waals surface area contributed by atoms with E-state index in [-0.39, 0.29) is 0 Å². The van der Waals surface area contributed by atoms with Crippen LogP contribution in [-0.2, 0) is 11.3 Å². The highest BCUT2D eigenvalue weighted by Gasteiger charge is 2.37. The summed E-state index contributed by atoms with van der Waals surface area (Å²) in [6.07, 6.45) is 4.44. The lowest BCUT2D eigenvalue weighted by molar-refractivity contribution is -0.736. The van der Waals surface area contributed by atoms with Crippen molar-refractivity contribution in [3.8, 4) is 0 Å². The number of benzene rings is 1. The fraction of sp³-hybridized carbons (Fsp3) is 0.500. The van der Waals surface area contributed by atoms with E-state index in [9.17, 15) is 9.90 Å². The lowest BCUT2D eigenvalue weighted by atomic mass is 9.81. The van der Waals surface area contributed by atoms with E-state index in [1.165, 1.54) is 0 Å². The maximum Gasteiger partial charge on any atom is 0.136 e. The summed E-state index contributed by atoms with van der Waals surface area (Å²) >= 11 is 6.08. The largest absolute Gasteiger partial charge is 0.544 e. The summed E-state index contributed by atoms with van der Waals surface area (Å²) in [7, 11) is 0. The first kappa shape index (κ1) is 13.4. The van der Waals surface area contributed by atoms with E-state index in [4.69, 9.17) is 11.6 Å². The summed E-state index contributed by atoms with van der Waals surface area (Å²) in [5.41, 5.74) is 0.225. The van der Waals surface area contributed by atoms with Crippen LogP contribution in [0.2, 0.25) is 5.02 Å². The number of hydrogen-bond acceptors (Lipinski definition) is 2. The zero-order chi connectivity index (χ0) is 13.0. The average Bonchev–Trinajstić information content (AvgIpc) is 2.39. The molecule has 4 heteroatoms. The Balaban J connectivity index is 2.06. The first-order chi connectivity index (χ1) is 8.64. The molecule has 0 unspecified atom stereocenters. The normalized spacial score (nSPS) is 18.5. The first-order valence-corrected chi connectivity index (χ1v) is 6.81. The molecule has 0 amide bonds. The van der Waals surface area contributed by atoms with Gasteiger partial charge in [-0.15, -0.1) is 0 Å². The van der Waals surface area contributed by atoms with Gasteiger partial charge in [-0.2, -0.15) is 0 Å². The molecule has 1 saturated carbocycles. The maximum atomic E-state index is 11.4. The van der Waals surface area contributed by atoms with E-state index in [2.05, 4.69) is 0 Å². The monoisotopic (exact) mass is 267 g/mol. The molecule has 0 spiro atoms. The quantitative estimate of drug-likeness (QED) is 0.880. The second-order valence-corrected chi connectivity index (χ2v) is 5.41. The van der Waals surface area contributed by atoms with Crippen molar-refractivity contribution in [2.75, 3.05) is 0 Å². The Bertz CT molecular complexity index is 428. The molecule has 1 aliphatic rings. The van der Waals surface area contributed by atoms with Gasteiger partial charge in [-0.3, -0.25) is 0 Å². The van der Waals surface area contributed by atoms with Crippen LogP contribution in [0.4, 0.5) is 0 Å². The lowest BCUT2D eigenvalue weighted by Gasteiger charge is -2.35. The summed E-state index contributed by atoms with van der Waals surface area (Å²) in [6, 6.07) is 7.56. The van der Waals surface area contributed by atoms with Gasteiger partial charge in [0.05, 0.1) is 0 Å². The molecule has 2 N–H and O–H groups in total. The number of rotatable bonds is 4. The van der Waals surface area contributed by atoms with Crippen molar-refractivity contribution >= 4 is 17.6 Å². The number of carbonyl (C=O) groups excluding carboxylic acids is 1. The number of nitrogens with two attached hydrogens (primary N) is 1. The van der Waals surface area contributed by atoms with Crippen LogP contribution < -0.4 is 10.4 Å². The number of carboxylic acids is 1. The Kier molecular flexibility index (Phi) is 4.25. The standard InChI is InChI=1S/C14H18ClNO2/c15-12-7-3-2-6-11(12)10-16-14(13(17)18)8-4-1-5-9-14/h2-3,6-7,16H,1,4-5,8-10H2,(H,17,18). The van der Waals surface area contributed by atoms with Gasteiger partial charge >= 0.3 is 0 Å². The molecule has 1 fully saturated rings. The van der Waals surface area contributed by atoms with E-state index < -0.39 is 11.5 Å². The van der Waals surface area contributed by atoms with Gasteiger partial charge in [0.2, 0.25) is 0 Å². The Morgan fingerprint density at radius 2 is 1.94 bits per heavy atom. The van der Waals surface area contributed by atoms with E-state index in [0.717, 1.165) is 24.8 Å². The van der Waals surface area contributed by atoms with E-state index in [1.807, 2.05) is 29.6 Å². The minimum absolute atomic E-state index is 0.591. The molecule has 18 heavy (non-hydrogen) atoms. The van der Waals surface area contributed by atoms with Crippen molar-refractivity contribution < 1.29 is 15.2 Å². The molecule has 0 aliphatic heterocycles. The number of halogens is 1. The highest BCUT2D eigenvalue weighted by molar-refractivity contribution is 6.31. The summed E-state index contributed by atoms with van der Waals surface area (Å²) in [6.45, 7) is 0.591. The molecule has 1 aromatic rings. The van der Waals surface area contributed by atoms with Gasteiger partial charge in [0.1, 0.15) is 18.1 Å². The van der Waals surface area contributed by atoms with Crippen molar-refractivity contribution in [2.45, 2.75) is 44.2 Å². The lowest BCUT2D eigenvalue weighted by Crippen LogP contribution is -2.99. The van der Waals surface area contributed by atoms with Gasteiger partial charge in [0.25, 0.3) is 0 Å². The van der Waals surface area contributed by atoms with E-state index in [0.29, 0.717) is 24.4 Å². The molecule has 0 aromatic heterocycles. The van der Waals surface area contributed by atoms with Crippen LogP contribution in [-0.4, -0.2) is 11.5 Å². The topological polar surface area (TPSA) is 56.7 Å². The highest BCUT2D eigenvalue weighted by Crippen LogP contribution is 2.24. The number of carbonyl (C=O) groups is 1. The molecular formula is C14H18ClNO2. The summed E-state index contributed by atoms with van der Waals surface area (Å²) in [5, 5.41) is 14.0. The molecule has 1 aromatic carbocycles. The third-order valence-electron chi connectivity index (χ3n) is 3.82. The van der Waals surface area contributed by atoms with Crippen molar-refractivity contribution in [3.63, 3.8) is 0 Å². The molecule has 2 rings (SSSR count). The van der Waals surface area contributed by atoms with Crippen LogP contribution in [0.25, 0.3) is 0 Å². The summed E-state index contributed by atoms with van der Waals surface area (Å²) in [4.78, 5) is 11.4. The predicted octanol–water partition coefficient (Wildman–Crippen LogP) is 0.856. The van der Waals surface area contributed by atoms with Crippen LogP contribution in [0.3, 0.4) is 0 Å². The van der Waals surface area contributed by atoms with Crippen LogP contribution in [0.15, 0.2) is 24.3 Å². The van der Waals surface area contributed by atoms with Gasteiger partial charge in [-0.05, 0) is 18.9 Å². The summed E-state index contributed by atoms with van der Waals surface area (Å²) in [5.74, 6) is -0.936. The zero-order valence-electron chi connectivity index (χ0n) is 10.3. The molecule has 1 aliphatic carbocycles. The second kappa shape index (κ2) is 5.72. The van der Waals surface area contributed by atoms with Crippen LogP contribution in [0, 0.1) is 0 Å². The maximum absolute atomic E-state index is 11.4. The fourth-order valence-corrected chi connectivity index (χ4v) is 2.86. The van der Waals surface area contributed by atoms with E-state index >= 15 is 0 Å². The Hall–Kier alpha value is -1.06. The number of carboxylic acid groups (broad SMARTS) is 1. The summed E-state index contributed by atoms with van der Waals surface area (Å²) < 4.78 is 0. The Labute approximate surface area is 112 Å². The third kappa shape index (κ3) is 2.85.